The van der Waals surface area contributed by atoms with E-state index < -0.39 is 0 Å². The first kappa shape index (κ1) is 24.1. The zero-order chi connectivity index (χ0) is 25.1. The highest BCUT2D eigenvalue weighted by atomic mass is 16.5. The van der Waals surface area contributed by atoms with Gasteiger partial charge in [-0.1, -0.05) is 66.7 Å². The molecule has 0 amide bonds. The fraction of sp³-hybridized carbons (Fsp3) is 0.281. The molecule has 1 heterocycles. The van der Waals surface area contributed by atoms with Gasteiger partial charge in [0, 0.05) is 24.0 Å². The summed E-state index contributed by atoms with van der Waals surface area (Å²) in [7, 11) is 1.44. The van der Waals surface area contributed by atoms with Crippen LogP contribution in [-0.4, -0.2) is 26.2 Å². The number of para-hydroxylation sites is 1. The predicted octanol–water partition coefficient (Wildman–Crippen LogP) is 6.99. The third kappa shape index (κ3) is 4.87. The van der Waals surface area contributed by atoms with Crippen LogP contribution in [0.15, 0.2) is 84.9 Å². The van der Waals surface area contributed by atoms with Gasteiger partial charge < -0.3 is 15.0 Å². The van der Waals surface area contributed by atoms with Crippen LogP contribution in [0.4, 0.5) is 11.4 Å². The standard InChI is InChI=1S/C32H34N2O2/c1-22-15-16-27(20-30(22)32(35)36-3)34-21-24(19-26-10-5-7-14-31(26)34)17-18-33-23(2)28-13-8-11-25-9-4-6-12-29(25)28/h4-16,20,23-24,33H,17-19,21H2,1-3H3/t23-,24?/m1/s1. The van der Waals surface area contributed by atoms with Crippen LogP contribution < -0.4 is 10.2 Å². The lowest BCUT2D eigenvalue weighted by atomic mass is 9.89. The molecule has 0 spiro atoms. The molecule has 36 heavy (non-hydrogen) atoms. The van der Waals surface area contributed by atoms with Gasteiger partial charge in [-0.05, 0) is 84.8 Å². The number of ether oxygens (including phenoxy) is 1. The highest BCUT2D eigenvalue weighted by Gasteiger charge is 2.26. The van der Waals surface area contributed by atoms with Gasteiger partial charge in [0.15, 0.2) is 0 Å². The van der Waals surface area contributed by atoms with Crippen molar-refractivity contribution in [3.05, 3.63) is 107 Å². The van der Waals surface area contributed by atoms with Crippen molar-refractivity contribution in [2.75, 3.05) is 25.1 Å². The van der Waals surface area contributed by atoms with Gasteiger partial charge in [-0.15, -0.1) is 0 Å². The summed E-state index contributed by atoms with van der Waals surface area (Å²) in [4.78, 5) is 14.7. The molecule has 0 radical (unpaired) electrons. The predicted molar refractivity (Wildman–Crippen MR) is 148 cm³/mol. The molecule has 184 valence electrons. The largest absolute Gasteiger partial charge is 0.465 e. The third-order valence-corrected chi connectivity index (χ3v) is 7.46. The summed E-state index contributed by atoms with van der Waals surface area (Å²) in [6.07, 6.45) is 2.14. The van der Waals surface area contributed by atoms with Crippen molar-refractivity contribution in [2.24, 2.45) is 5.92 Å². The smallest absolute Gasteiger partial charge is 0.338 e. The summed E-state index contributed by atoms with van der Waals surface area (Å²) in [5.41, 5.74) is 6.52. The number of aryl methyl sites for hydroxylation is 1. The summed E-state index contributed by atoms with van der Waals surface area (Å²) in [6.45, 7) is 6.08. The lowest BCUT2D eigenvalue weighted by Crippen LogP contribution is -2.34. The molecule has 4 aromatic rings. The van der Waals surface area contributed by atoms with Gasteiger partial charge in [0.05, 0.1) is 12.7 Å². The molecule has 1 aliphatic heterocycles. The van der Waals surface area contributed by atoms with E-state index in [4.69, 9.17) is 4.74 Å². The first-order chi connectivity index (χ1) is 17.5. The van der Waals surface area contributed by atoms with E-state index in [0.29, 0.717) is 11.5 Å². The number of esters is 1. The molecule has 2 atom stereocenters. The lowest BCUT2D eigenvalue weighted by molar-refractivity contribution is 0.0600. The van der Waals surface area contributed by atoms with Gasteiger partial charge in [0.1, 0.15) is 0 Å². The average molecular weight is 479 g/mol. The van der Waals surface area contributed by atoms with Gasteiger partial charge >= 0.3 is 5.97 Å². The number of hydrogen-bond donors (Lipinski definition) is 1. The van der Waals surface area contributed by atoms with Gasteiger partial charge in [0.2, 0.25) is 0 Å². The second-order valence-electron chi connectivity index (χ2n) is 9.83. The maximum absolute atomic E-state index is 12.3. The number of hydrogen-bond acceptors (Lipinski definition) is 4. The Hall–Kier alpha value is -3.63. The average Bonchev–Trinajstić information content (AvgIpc) is 2.92. The molecular formula is C32H34N2O2. The Morgan fingerprint density at radius 2 is 1.81 bits per heavy atom. The molecular weight excluding hydrogens is 444 g/mol. The van der Waals surface area contributed by atoms with E-state index in [1.165, 1.54) is 34.7 Å². The second kappa shape index (κ2) is 10.5. The maximum atomic E-state index is 12.3. The van der Waals surface area contributed by atoms with Crippen molar-refractivity contribution in [1.82, 2.24) is 5.32 Å². The van der Waals surface area contributed by atoms with Gasteiger partial charge in [-0.3, -0.25) is 0 Å². The van der Waals surface area contributed by atoms with Gasteiger partial charge in [-0.2, -0.15) is 0 Å². The van der Waals surface area contributed by atoms with Crippen molar-refractivity contribution in [3.63, 3.8) is 0 Å². The van der Waals surface area contributed by atoms with E-state index in [9.17, 15) is 4.79 Å². The number of fused-ring (bicyclic) bond motifs is 2. The zero-order valence-corrected chi connectivity index (χ0v) is 21.3. The normalized spacial score (nSPS) is 16.0. The molecule has 0 aromatic heterocycles. The van der Waals surface area contributed by atoms with E-state index in [-0.39, 0.29) is 12.0 Å². The zero-order valence-electron chi connectivity index (χ0n) is 21.3. The molecule has 4 nitrogen and oxygen atoms in total. The van der Waals surface area contributed by atoms with Crippen LogP contribution in [0.25, 0.3) is 10.8 Å². The monoisotopic (exact) mass is 478 g/mol. The summed E-state index contributed by atoms with van der Waals surface area (Å²) < 4.78 is 5.02. The van der Waals surface area contributed by atoms with E-state index in [1.54, 1.807) is 0 Å². The summed E-state index contributed by atoms with van der Waals surface area (Å²) in [6, 6.07) is 30.2. The number of carbonyl (C=O) groups excluding carboxylic acids is 1. The molecule has 5 rings (SSSR count). The van der Waals surface area contributed by atoms with Crippen molar-refractivity contribution < 1.29 is 9.53 Å². The molecule has 0 fully saturated rings. The fourth-order valence-corrected chi connectivity index (χ4v) is 5.47. The van der Waals surface area contributed by atoms with E-state index >= 15 is 0 Å². The molecule has 4 heteroatoms. The van der Waals surface area contributed by atoms with Gasteiger partial charge in [-0.25, -0.2) is 4.79 Å². The highest BCUT2D eigenvalue weighted by molar-refractivity contribution is 5.92. The Kier molecular flexibility index (Phi) is 7.06. The molecule has 1 unspecified atom stereocenters. The Morgan fingerprint density at radius 1 is 1.03 bits per heavy atom. The Bertz CT molecular complexity index is 1370. The first-order valence-electron chi connectivity index (χ1n) is 12.8. The molecule has 1 aliphatic rings. The summed E-state index contributed by atoms with van der Waals surface area (Å²) >= 11 is 0. The number of rotatable bonds is 7. The van der Waals surface area contributed by atoms with E-state index in [2.05, 4.69) is 89.9 Å². The van der Waals surface area contributed by atoms with Crippen LogP contribution in [0.5, 0.6) is 0 Å². The number of nitrogens with zero attached hydrogens (tertiary/aromatic N) is 1. The van der Waals surface area contributed by atoms with Crippen molar-refractivity contribution >= 4 is 28.1 Å². The topological polar surface area (TPSA) is 41.6 Å². The summed E-state index contributed by atoms with van der Waals surface area (Å²) in [5, 5.41) is 6.38. The van der Waals surface area contributed by atoms with Crippen LogP contribution in [0.2, 0.25) is 0 Å². The molecule has 1 N–H and O–H groups in total. The van der Waals surface area contributed by atoms with Crippen molar-refractivity contribution in [3.8, 4) is 0 Å². The number of methoxy groups -OCH3 is 1. The highest BCUT2D eigenvalue weighted by Crippen LogP contribution is 2.37. The minimum atomic E-state index is -0.289. The fourth-order valence-electron chi connectivity index (χ4n) is 5.47. The SMILES string of the molecule is COC(=O)c1cc(N2CC(CCN[C@H](C)c3cccc4ccccc34)Cc3ccccc32)ccc1C. The van der Waals surface area contributed by atoms with Gasteiger partial charge in [0.25, 0.3) is 0 Å². The third-order valence-electron chi connectivity index (χ3n) is 7.46. The van der Waals surface area contributed by atoms with Crippen LogP contribution in [0.3, 0.4) is 0 Å². The second-order valence-corrected chi connectivity index (χ2v) is 9.83. The first-order valence-corrected chi connectivity index (χ1v) is 12.8. The minimum Gasteiger partial charge on any atom is -0.465 e. The Balaban J connectivity index is 1.32. The lowest BCUT2D eigenvalue weighted by Gasteiger charge is -2.36. The molecule has 4 aromatic carbocycles. The number of nitrogens with one attached hydrogen (secondary N) is 1. The van der Waals surface area contributed by atoms with E-state index in [0.717, 1.165) is 37.2 Å². The van der Waals surface area contributed by atoms with Crippen LogP contribution in [-0.2, 0) is 11.2 Å². The quantitative estimate of drug-likeness (QED) is 0.291. The molecule has 0 bridgehead atoms. The van der Waals surface area contributed by atoms with Crippen LogP contribution >= 0.6 is 0 Å². The Morgan fingerprint density at radius 3 is 2.67 bits per heavy atom. The summed E-state index contributed by atoms with van der Waals surface area (Å²) in [5.74, 6) is 0.220. The van der Waals surface area contributed by atoms with Crippen LogP contribution in [0, 0.1) is 12.8 Å². The van der Waals surface area contributed by atoms with E-state index in [1.807, 2.05) is 19.1 Å². The van der Waals surface area contributed by atoms with Crippen molar-refractivity contribution in [2.45, 2.75) is 32.7 Å². The maximum Gasteiger partial charge on any atom is 0.338 e. The minimum absolute atomic E-state index is 0.280. The van der Waals surface area contributed by atoms with Crippen molar-refractivity contribution in [1.29, 1.82) is 0 Å². The number of carbonyl (C=O) groups is 1. The molecule has 0 saturated heterocycles. The Labute approximate surface area is 213 Å². The number of anilines is 2. The molecule has 0 aliphatic carbocycles. The molecule has 0 saturated carbocycles. The van der Waals surface area contributed by atoms with Crippen LogP contribution in [0.1, 0.15) is 46.4 Å². The number of benzene rings is 4.